The zero-order chi connectivity index (χ0) is 25.5. The van der Waals surface area contributed by atoms with Gasteiger partial charge >= 0.3 is 0 Å². The van der Waals surface area contributed by atoms with Gasteiger partial charge in [0.2, 0.25) is 0 Å². The van der Waals surface area contributed by atoms with Crippen molar-refractivity contribution in [3.8, 4) is 22.9 Å². The third-order valence-electron chi connectivity index (χ3n) is 6.20. The number of thiazole rings is 1. The molecular weight excluding hydrogens is 476 g/mol. The highest BCUT2D eigenvalue weighted by Crippen LogP contribution is 2.35. The van der Waals surface area contributed by atoms with Crippen LogP contribution in [0.15, 0.2) is 109 Å². The van der Waals surface area contributed by atoms with E-state index in [4.69, 9.17) is 9.47 Å². The summed E-state index contributed by atoms with van der Waals surface area (Å²) in [5.41, 5.74) is 8.73. The molecule has 0 spiro atoms. The maximum Gasteiger partial charge on any atom is 0.119 e. The molecule has 0 aliphatic carbocycles. The van der Waals surface area contributed by atoms with Gasteiger partial charge in [-0.1, -0.05) is 72.8 Å². The normalized spacial score (nSPS) is 11.6. The Morgan fingerprint density at radius 3 is 2.32 bits per heavy atom. The predicted molar refractivity (Wildman–Crippen MR) is 147 cm³/mol. The number of nitrogens with zero attached hydrogens (tertiary/aromatic N) is 2. The van der Waals surface area contributed by atoms with E-state index in [1.54, 1.807) is 11.3 Å². The lowest BCUT2D eigenvalue weighted by molar-refractivity contribution is 0.0689. The van der Waals surface area contributed by atoms with Crippen LogP contribution >= 0.6 is 11.3 Å². The molecule has 0 amide bonds. The Morgan fingerprint density at radius 1 is 0.838 bits per heavy atom. The van der Waals surface area contributed by atoms with Gasteiger partial charge in [-0.15, -0.1) is 11.3 Å². The average molecular weight is 503 g/mol. The van der Waals surface area contributed by atoms with Crippen LogP contribution in [0.2, 0.25) is 0 Å². The van der Waals surface area contributed by atoms with Gasteiger partial charge in [0.05, 0.1) is 28.6 Å². The van der Waals surface area contributed by atoms with Crippen molar-refractivity contribution < 1.29 is 9.47 Å². The van der Waals surface area contributed by atoms with E-state index in [9.17, 15) is 5.26 Å². The zero-order valence-corrected chi connectivity index (χ0v) is 21.3. The lowest BCUT2D eigenvalue weighted by atomic mass is 9.93. The van der Waals surface area contributed by atoms with Crippen molar-refractivity contribution in [3.63, 3.8) is 0 Å². The summed E-state index contributed by atoms with van der Waals surface area (Å²) in [6.07, 6.45) is 1.55. The van der Waals surface area contributed by atoms with E-state index in [2.05, 4.69) is 48.3 Å². The quantitative estimate of drug-likeness (QED) is 0.206. The van der Waals surface area contributed by atoms with Gasteiger partial charge < -0.3 is 9.47 Å². The largest absolute Gasteiger partial charge is 0.489 e. The first kappa shape index (κ1) is 24.5. The molecule has 37 heavy (non-hydrogen) atoms. The van der Waals surface area contributed by atoms with E-state index in [0.29, 0.717) is 18.8 Å². The standard InChI is InChI=1S/C32H26N2O2S/c1-23-7-5-6-10-29(23)30-17-26(13-14-27(30)18-33)32(31-19-34-22-37-31)36-21-25-11-15-28(16-12-25)35-20-24-8-3-2-4-9-24/h2-17,19,22,32H,20-21H2,1H3. The molecule has 1 atom stereocenters. The number of ether oxygens (including phenoxy) is 2. The average Bonchev–Trinajstić information content (AvgIpc) is 3.48. The molecule has 0 aliphatic rings. The molecular formula is C32H26N2O2S. The molecule has 4 aromatic carbocycles. The van der Waals surface area contributed by atoms with Gasteiger partial charge in [-0.2, -0.15) is 5.26 Å². The van der Waals surface area contributed by atoms with Crippen LogP contribution in [0.5, 0.6) is 5.75 Å². The maximum absolute atomic E-state index is 9.76. The highest BCUT2D eigenvalue weighted by molar-refractivity contribution is 7.09. The molecule has 1 unspecified atom stereocenters. The number of aryl methyl sites for hydroxylation is 1. The molecule has 0 fully saturated rings. The molecule has 0 aliphatic heterocycles. The lowest BCUT2D eigenvalue weighted by Crippen LogP contribution is -2.06. The Hall–Kier alpha value is -4.24. The first-order valence-corrected chi connectivity index (χ1v) is 12.9. The van der Waals surface area contributed by atoms with Crippen LogP contribution in [-0.4, -0.2) is 4.98 Å². The van der Waals surface area contributed by atoms with Gasteiger partial charge in [0, 0.05) is 11.8 Å². The molecule has 0 N–H and O–H groups in total. The van der Waals surface area contributed by atoms with Crippen molar-refractivity contribution in [2.75, 3.05) is 0 Å². The van der Waals surface area contributed by atoms with Crippen molar-refractivity contribution in [3.05, 3.63) is 141 Å². The summed E-state index contributed by atoms with van der Waals surface area (Å²) in [6.45, 7) is 3.03. The number of hydrogen-bond acceptors (Lipinski definition) is 5. The van der Waals surface area contributed by atoms with Crippen LogP contribution in [0.25, 0.3) is 11.1 Å². The molecule has 0 saturated carbocycles. The Balaban J connectivity index is 1.35. The zero-order valence-electron chi connectivity index (χ0n) is 20.5. The smallest absolute Gasteiger partial charge is 0.119 e. The Morgan fingerprint density at radius 2 is 1.59 bits per heavy atom. The first-order chi connectivity index (χ1) is 18.2. The second-order valence-corrected chi connectivity index (χ2v) is 9.66. The van der Waals surface area contributed by atoms with Gasteiger partial charge in [-0.25, -0.2) is 0 Å². The third-order valence-corrected chi connectivity index (χ3v) is 7.02. The van der Waals surface area contributed by atoms with Gasteiger partial charge in [-0.3, -0.25) is 4.98 Å². The number of benzene rings is 4. The molecule has 182 valence electrons. The maximum atomic E-state index is 9.76. The SMILES string of the molecule is Cc1ccccc1-c1cc(C(OCc2ccc(OCc3ccccc3)cc2)c2cncs2)ccc1C#N. The third kappa shape index (κ3) is 5.95. The van der Waals surface area contributed by atoms with Crippen molar-refractivity contribution >= 4 is 11.3 Å². The molecule has 5 heteroatoms. The molecule has 0 saturated heterocycles. The van der Waals surface area contributed by atoms with Crippen LogP contribution in [0.3, 0.4) is 0 Å². The minimum absolute atomic E-state index is 0.294. The number of rotatable bonds is 9. The molecule has 4 nitrogen and oxygen atoms in total. The summed E-state index contributed by atoms with van der Waals surface area (Å²) in [5.74, 6) is 0.821. The van der Waals surface area contributed by atoms with E-state index in [0.717, 1.165) is 44.0 Å². The molecule has 0 radical (unpaired) electrons. The predicted octanol–water partition coefficient (Wildman–Crippen LogP) is 7.88. The van der Waals surface area contributed by atoms with E-state index in [1.807, 2.05) is 78.4 Å². The summed E-state index contributed by atoms with van der Waals surface area (Å²) >= 11 is 1.56. The lowest BCUT2D eigenvalue weighted by Gasteiger charge is -2.19. The van der Waals surface area contributed by atoms with Gasteiger partial charge in [0.15, 0.2) is 0 Å². The highest BCUT2D eigenvalue weighted by atomic mass is 32.1. The monoisotopic (exact) mass is 502 g/mol. The first-order valence-electron chi connectivity index (χ1n) is 12.1. The molecule has 5 aromatic rings. The fourth-order valence-electron chi connectivity index (χ4n) is 4.22. The molecule has 1 heterocycles. The Kier molecular flexibility index (Phi) is 7.71. The second-order valence-electron chi connectivity index (χ2n) is 8.74. The molecule has 5 rings (SSSR count). The topological polar surface area (TPSA) is 55.1 Å². The van der Waals surface area contributed by atoms with E-state index < -0.39 is 0 Å². The summed E-state index contributed by atoms with van der Waals surface area (Å²) in [6, 6.07) is 34.5. The Bertz CT molecular complexity index is 1490. The number of aromatic nitrogens is 1. The molecule has 0 bridgehead atoms. The van der Waals surface area contributed by atoms with E-state index in [1.165, 1.54) is 0 Å². The van der Waals surface area contributed by atoms with Gasteiger partial charge in [0.1, 0.15) is 18.5 Å². The highest BCUT2D eigenvalue weighted by Gasteiger charge is 2.19. The number of nitriles is 1. The summed E-state index contributed by atoms with van der Waals surface area (Å²) in [5, 5.41) is 9.76. The second kappa shape index (κ2) is 11.7. The Labute approximate surface area is 221 Å². The van der Waals surface area contributed by atoms with Crippen LogP contribution in [0.1, 0.15) is 38.8 Å². The fraction of sp³-hybridized carbons (Fsp3) is 0.125. The number of hydrogen-bond donors (Lipinski definition) is 0. The van der Waals surface area contributed by atoms with Crippen LogP contribution in [0, 0.1) is 18.3 Å². The van der Waals surface area contributed by atoms with E-state index in [-0.39, 0.29) is 6.10 Å². The minimum Gasteiger partial charge on any atom is -0.489 e. The van der Waals surface area contributed by atoms with Crippen LogP contribution in [0.4, 0.5) is 0 Å². The van der Waals surface area contributed by atoms with Gasteiger partial charge in [-0.05, 0) is 59.0 Å². The minimum atomic E-state index is -0.294. The van der Waals surface area contributed by atoms with Crippen molar-refractivity contribution in [2.45, 2.75) is 26.2 Å². The fourth-order valence-corrected chi connectivity index (χ4v) is 4.91. The van der Waals surface area contributed by atoms with E-state index >= 15 is 0 Å². The van der Waals surface area contributed by atoms with Gasteiger partial charge in [0.25, 0.3) is 0 Å². The summed E-state index contributed by atoms with van der Waals surface area (Å²) in [4.78, 5) is 5.30. The van der Waals surface area contributed by atoms with Crippen molar-refractivity contribution in [2.24, 2.45) is 0 Å². The summed E-state index contributed by atoms with van der Waals surface area (Å²) in [7, 11) is 0. The van der Waals surface area contributed by atoms with Crippen LogP contribution < -0.4 is 4.74 Å². The van der Waals surface area contributed by atoms with Crippen molar-refractivity contribution in [1.29, 1.82) is 5.26 Å². The molecule has 1 aromatic heterocycles. The van der Waals surface area contributed by atoms with Crippen molar-refractivity contribution in [1.82, 2.24) is 4.98 Å². The van der Waals surface area contributed by atoms with Crippen LogP contribution in [-0.2, 0) is 18.0 Å². The summed E-state index contributed by atoms with van der Waals surface area (Å²) < 4.78 is 12.4.